The molecule has 0 atom stereocenters. The van der Waals surface area contributed by atoms with Crippen LogP contribution in [-0.4, -0.2) is 36.0 Å². The number of amides is 2. The van der Waals surface area contributed by atoms with E-state index in [-0.39, 0.29) is 35.7 Å². The second-order valence-corrected chi connectivity index (χ2v) is 7.91. The Labute approximate surface area is 200 Å². The standard InChI is InChI=1S/C25H31N3O4S/c1-2-17-26-24(31)20-13-15-21(16-14-20)27-25(33)28-22(29)11-6-12-23(30)32-18-7-10-19-8-4-3-5-9-19/h3-5,8-9,13-16H,2,6-7,10-12,17-18H2,1H3,(H,26,31)(H2,27,28,29,33). The maximum Gasteiger partial charge on any atom is 0.305 e. The summed E-state index contributed by atoms with van der Waals surface area (Å²) in [6.45, 7) is 2.98. The molecule has 2 aromatic rings. The number of carbonyl (C=O) groups is 3. The van der Waals surface area contributed by atoms with Gasteiger partial charge in [0.1, 0.15) is 0 Å². The van der Waals surface area contributed by atoms with E-state index in [0.29, 0.717) is 30.8 Å². The third-order valence-corrected chi connectivity index (χ3v) is 4.90. The minimum Gasteiger partial charge on any atom is -0.466 e. The van der Waals surface area contributed by atoms with Gasteiger partial charge >= 0.3 is 5.97 Å². The van der Waals surface area contributed by atoms with Gasteiger partial charge in [-0.2, -0.15) is 0 Å². The Morgan fingerprint density at radius 2 is 1.67 bits per heavy atom. The van der Waals surface area contributed by atoms with Gasteiger partial charge in [-0.3, -0.25) is 14.4 Å². The zero-order chi connectivity index (χ0) is 23.9. The van der Waals surface area contributed by atoms with Crippen molar-refractivity contribution in [2.45, 2.75) is 45.4 Å². The molecule has 8 heteroatoms. The molecule has 0 saturated heterocycles. The summed E-state index contributed by atoms with van der Waals surface area (Å²) < 4.78 is 5.22. The molecule has 7 nitrogen and oxygen atoms in total. The van der Waals surface area contributed by atoms with Gasteiger partial charge in [0.15, 0.2) is 5.11 Å². The van der Waals surface area contributed by atoms with E-state index in [9.17, 15) is 14.4 Å². The number of hydrogen-bond donors (Lipinski definition) is 3. The van der Waals surface area contributed by atoms with Crippen LogP contribution in [0.4, 0.5) is 5.69 Å². The average Bonchev–Trinajstić information content (AvgIpc) is 2.81. The molecule has 0 bridgehead atoms. The second kappa shape index (κ2) is 14.7. The van der Waals surface area contributed by atoms with Crippen molar-refractivity contribution < 1.29 is 19.1 Å². The Bertz CT molecular complexity index is 917. The number of benzene rings is 2. The van der Waals surface area contributed by atoms with Gasteiger partial charge in [0.25, 0.3) is 5.91 Å². The number of esters is 1. The maximum absolute atomic E-state index is 12.0. The van der Waals surface area contributed by atoms with Crippen LogP contribution in [0.5, 0.6) is 0 Å². The lowest BCUT2D eigenvalue weighted by atomic mass is 10.1. The van der Waals surface area contributed by atoms with Crippen molar-refractivity contribution in [3.63, 3.8) is 0 Å². The summed E-state index contributed by atoms with van der Waals surface area (Å²) in [6, 6.07) is 16.8. The minimum absolute atomic E-state index is 0.131. The van der Waals surface area contributed by atoms with Crippen LogP contribution in [0.3, 0.4) is 0 Å². The predicted molar refractivity (Wildman–Crippen MR) is 133 cm³/mol. The van der Waals surface area contributed by atoms with Crippen molar-refractivity contribution in [1.82, 2.24) is 10.6 Å². The lowest BCUT2D eigenvalue weighted by Crippen LogP contribution is -2.34. The van der Waals surface area contributed by atoms with Crippen molar-refractivity contribution >= 4 is 40.8 Å². The largest absolute Gasteiger partial charge is 0.466 e. The molecule has 2 amide bonds. The summed E-state index contributed by atoms with van der Waals surface area (Å²) in [4.78, 5) is 35.8. The number of ether oxygens (including phenoxy) is 1. The van der Waals surface area contributed by atoms with E-state index in [1.807, 2.05) is 37.3 Å². The summed E-state index contributed by atoms with van der Waals surface area (Å²) in [6.07, 6.45) is 3.22. The Morgan fingerprint density at radius 3 is 2.36 bits per heavy atom. The molecule has 0 spiro atoms. The first-order chi connectivity index (χ1) is 16.0. The molecule has 0 aromatic heterocycles. The number of anilines is 1. The Balaban J connectivity index is 1.58. The fraction of sp³-hybridized carbons (Fsp3) is 0.360. The normalized spacial score (nSPS) is 10.2. The van der Waals surface area contributed by atoms with E-state index in [2.05, 4.69) is 16.0 Å². The summed E-state index contributed by atoms with van der Waals surface area (Å²) in [5.41, 5.74) is 2.42. The van der Waals surface area contributed by atoms with Gasteiger partial charge in [0, 0.05) is 30.6 Å². The summed E-state index contributed by atoms with van der Waals surface area (Å²) in [7, 11) is 0. The average molecular weight is 470 g/mol. The monoisotopic (exact) mass is 469 g/mol. The molecule has 0 aliphatic heterocycles. The molecule has 2 aromatic carbocycles. The van der Waals surface area contributed by atoms with Crippen LogP contribution in [0.2, 0.25) is 0 Å². The zero-order valence-electron chi connectivity index (χ0n) is 18.9. The van der Waals surface area contributed by atoms with Gasteiger partial charge in [-0.15, -0.1) is 0 Å². The fourth-order valence-corrected chi connectivity index (χ4v) is 3.20. The minimum atomic E-state index is -0.306. The number of hydrogen-bond acceptors (Lipinski definition) is 5. The number of thiocarbonyl (C=S) groups is 1. The maximum atomic E-state index is 12.0. The van der Waals surface area contributed by atoms with Crippen molar-refractivity contribution in [3.8, 4) is 0 Å². The molecule has 0 aliphatic rings. The molecule has 2 rings (SSSR count). The molecule has 176 valence electrons. The van der Waals surface area contributed by atoms with E-state index in [4.69, 9.17) is 17.0 Å². The van der Waals surface area contributed by atoms with Crippen LogP contribution in [-0.2, 0) is 20.7 Å². The van der Waals surface area contributed by atoms with Crippen LogP contribution in [0.25, 0.3) is 0 Å². The lowest BCUT2D eigenvalue weighted by molar-refractivity contribution is -0.143. The van der Waals surface area contributed by atoms with E-state index in [1.54, 1.807) is 24.3 Å². The predicted octanol–water partition coefficient (Wildman–Crippen LogP) is 3.99. The van der Waals surface area contributed by atoms with Crippen LogP contribution < -0.4 is 16.0 Å². The van der Waals surface area contributed by atoms with E-state index in [0.717, 1.165) is 19.3 Å². The van der Waals surface area contributed by atoms with Crippen molar-refractivity contribution in [1.29, 1.82) is 0 Å². The molecule has 3 N–H and O–H groups in total. The highest BCUT2D eigenvalue weighted by atomic mass is 32.1. The SMILES string of the molecule is CCCNC(=O)c1ccc(NC(=S)NC(=O)CCCC(=O)OCCCc2ccccc2)cc1. The van der Waals surface area contributed by atoms with E-state index in [1.165, 1.54) is 5.56 Å². The highest BCUT2D eigenvalue weighted by molar-refractivity contribution is 7.80. The summed E-state index contributed by atoms with van der Waals surface area (Å²) in [5, 5.41) is 8.46. The molecule has 0 saturated carbocycles. The summed E-state index contributed by atoms with van der Waals surface area (Å²) >= 11 is 5.15. The van der Waals surface area contributed by atoms with Gasteiger partial charge in [-0.05, 0) is 67.7 Å². The highest BCUT2D eigenvalue weighted by Crippen LogP contribution is 2.10. The van der Waals surface area contributed by atoms with Crippen LogP contribution in [0.1, 0.15) is 54.9 Å². The molecule has 0 radical (unpaired) electrons. The Morgan fingerprint density at radius 1 is 0.939 bits per heavy atom. The van der Waals surface area contributed by atoms with E-state index >= 15 is 0 Å². The van der Waals surface area contributed by atoms with Gasteiger partial charge < -0.3 is 20.7 Å². The van der Waals surface area contributed by atoms with Crippen molar-refractivity contribution in [2.75, 3.05) is 18.5 Å². The Hall–Kier alpha value is -3.26. The molecule has 0 aliphatic carbocycles. The first-order valence-corrected chi connectivity index (χ1v) is 11.6. The van der Waals surface area contributed by atoms with Crippen LogP contribution >= 0.6 is 12.2 Å². The van der Waals surface area contributed by atoms with Gasteiger partial charge in [0.05, 0.1) is 6.61 Å². The second-order valence-electron chi connectivity index (χ2n) is 7.50. The number of rotatable bonds is 12. The van der Waals surface area contributed by atoms with Gasteiger partial charge in [-0.1, -0.05) is 37.3 Å². The number of aryl methyl sites for hydroxylation is 1. The molecule has 0 fully saturated rings. The highest BCUT2D eigenvalue weighted by Gasteiger charge is 2.09. The molecule has 0 heterocycles. The van der Waals surface area contributed by atoms with Gasteiger partial charge in [0.2, 0.25) is 5.91 Å². The van der Waals surface area contributed by atoms with Crippen LogP contribution in [0.15, 0.2) is 54.6 Å². The third-order valence-electron chi connectivity index (χ3n) is 4.69. The van der Waals surface area contributed by atoms with Crippen molar-refractivity contribution in [3.05, 3.63) is 65.7 Å². The van der Waals surface area contributed by atoms with E-state index < -0.39 is 0 Å². The smallest absolute Gasteiger partial charge is 0.305 e. The van der Waals surface area contributed by atoms with Crippen LogP contribution in [0, 0.1) is 0 Å². The molecular formula is C25H31N3O4S. The quantitative estimate of drug-likeness (QED) is 0.247. The van der Waals surface area contributed by atoms with Crippen molar-refractivity contribution in [2.24, 2.45) is 0 Å². The molecule has 33 heavy (non-hydrogen) atoms. The Kier molecular flexibility index (Phi) is 11.6. The third kappa shape index (κ3) is 10.7. The fourth-order valence-electron chi connectivity index (χ4n) is 2.97. The molecular weight excluding hydrogens is 438 g/mol. The lowest BCUT2D eigenvalue weighted by Gasteiger charge is -2.10. The van der Waals surface area contributed by atoms with Gasteiger partial charge in [-0.25, -0.2) is 0 Å². The molecule has 0 unspecified atom stereocenters. The number of nitrogens with one attached hydrogen (secondary N) is 3. The number of carbonyl (C=O) groups excluding carboxylic acids is 3. The topological polar surface area (TPSA) is 96.5 Å². The first kappa shape index (κ1) is 26.0. The first-order valence-electron chi connectivity index (χ1n) is 11.2. The zero-order valence-corrected chi connectivity index (χ0v) is 19.7. The summed E-state index contributed by atoms with van der Waals surface area (Å²) in [5.74, 6) is -0.714.